The highest BCUT2D eigenvalue weighted by Crippen LogP contribution is 2.23. The van der Waals surface area contributed by atoms with Crippen molar-refractivity contribution in [3.8, 4) is 5.69 Å². The molecule has 1 aliphatic rings. The van der Waals surface area contributed by atoms with Crippen molar-refractivity contribution < 1.29 is 14.5 Å². The fourth-order valence-electron chi connectivity index (χ4n) is 2.76. The van der Waals surface area contributed by atoms with Gasteiger partial charge in [-0.1, -0.05) is 29.3 Å². The summed E-state index contributed by atoms with van der Waals surface area (Å²) in [6.45, 7) is 0.357. The lowest BCUT2D eigenvalue weighted by Crippen LogP contribution is -2.28. The number of amides is 1. The van der Waals surface area contributed by atoms with E-state index in [1.165, 1.54) is 6.20 Å². The maximum absolute atomic E-state index is 12.5. The number of halogens is 2. The second kappa shape index (κ2) is 6.77. The van der Waals surface area contributed by atoms with Crippen LogP contribution in [0.4, 0.5) is 5.69 Å². The summed E-state index contributed by atoms with van der Waals surface area (Å²) in [5.74, 6) is -0.353. The Balaban J connectivity index is 1.56. The monoisotopic (exact) mass is 387 g/mol. The van der Waals surface area contributed by atoms with E-state index in [9.17, 15) is 9.82 Å². The topological polar surface area (TPSA) is 76.4 Å². The van der Waals surface area contributed by atoms with Crippen molar-refractivity contribution in [3.63, 3.8) is 0 Å². The largest absolute Gasteiger partial charge is 0.491 e. The summed E-state index contributed by atoms with van der Waals surface area (Å²) in [5, 5.41) is 17.4. The van der Waals surface area contributed by atoms with E-state index >= 15 is 0 Å². The van der Waals surface area contributed by atoms with Gasteiger partial charge < -0.3 is 15.0 Å². The first-order chi connectivity index (χ1) is 12.5. The predicted octanol–water partition coefficient (Wildman–Crippen LogP) is 2.65. The van der Waals surface area contributed by atoms with Gasteiger partial charge >= 0.3 is 7.12 Å². The van der Waals surface area contributed by atoms with Crippen LogP contribution in [0.25, 0.3) is 5.69 Å². The predicted molar refractivity (Wildman–Crippen MR) is 100 cm³/mol. The van der Waals surface area contributed by atoms with Gasteiger partial charge in [0, 0.05) is 11.9 Å². The molecule has 2 N–H and O–H groups in total. The Hall–Kier alpha value is -2.32. The van der Waals surface area contributed by atoms with E-state index in [1.807, 2.05) is 6.07 Å². The smallest absolute Gasteiger partial charge is 0.423 e. The summed E-state index contributed by atoms with van der Waals surface area (Å²) in [6, 6.07) is 10.2. The molecule has 130 valence electrons. The van der Waals surface area contributed by atoms with Gasteiger partial charge in [0.05, 0.1) is 34.1 Å². The summed E-state index contributed by atoms with van der Waals surface area (Å²) < 4.78 is 6.72. The first-order valence-electron chi connectivity index (χ1n) is 7.75. The number of carbonyl (C=O) groups is 1. The maximum atomic E-state index is 12.5. The highest BCUT2D eigenvalue weighted by molar-refractivity contribution is 6.61. The molecule has 2 heterocycles. The van der Waals surface area contributed by atoms with Crippen molar-refractivity contribution in [1.29, 1.82) is 0 Å². The zero-order chi connectivity index (χ0) is 18.3. The van der Waals surface area contributed by atoms with Gasteiger partial charge in [-0.25, -0.2) is 4.68 Å². The molecule has 0 aliphatic carbocycles. The Labute approximate surface area is 159 Å². The zero-order valence-electron chi connectivity index (χ0n) is 13.3. The molecule has 1 aromatic heterocycles. The van der Waals surface area contributed by atoms with Crippen LogP contribution in [0.15, 0.2) is 48.8 Å². The summed E-state index contributed by atoms with van der Waals surface area (Å²) in [5.41, 5.74) is 3.12. The minimum absolute atomic E-state index is 0.288. The minimum Gasteiger partial charge on any atom is -0.423 e. The fraction of sp³-hybridized carbons (Fsp3) is 0.0588. The first kappa shape index (κ1) is 17.1. The van der Waals surface area contributed by atoms with E-state index in [2.05, 4.69) is 10.4 Å². The quantitative estimate of drug-likeness (QED) is 0.677. The molecule has 1 aliphatic heterocycles. The number of fused-ring (bicyclic) bond motifs is 1. The van der Waals surface area contributed by atoms with Crippen LogP contribution in [0.5, 0.6) is 0 Å². The number of hydrogen-bond acceptors (Lipinski definition) is 4. The van der Waals surface area contributed by atoms with Crippen molar-refractivity contribution in [2.75, 3.05) is 5.32 Å². The van der Waals surface area contributed by atoms with E-state index in [4.69, 9.17) is 27.9 Å². The lowest BCUT2D eigenvalue weighted by molar-refractivity contribution is 0.102. The number of aromatic nitrogens is 2. The third-order valence-electron chi connectivity index (χ3n) is 4.08. The minimum atomic E-state index is -0.967. The molecule has 6 nitrogen and oxygen atoms in total. The molecule has 2 aromatic carbocycles. The summed E-state index contributed by atoms with van der Waals surface area (Å²) in [6.07, 6.45) is 3.16. The summed E-state index contributed by atoms with van der Waals surface area (Å²) in [7, 11) is -0.967. The Kier molecular flexibility index (Phi) is 4.46. The first-order valence-corrected chi connectivity index (χ1v) is 8.51. The normalized spacial score (nSPS) is 13.0. The fourth-order valence-corrected chi connectivity index (χ4v) is 3.16. The van der Waals surface area contributed by atoms with Crippen molar-refractivity contribution in [2.45, 2.75) is 6.61 Å². The number of carbonyl (C=O) groups excluding carboxylic acids is 1. The molecule has 0 atom stereocenters. The van der Waals surface area contributed by atoms with E-state index in [1.54, 1.807) is 41.2 Å². The molecule has 1 amide bonds. The third kappa shape index (κ3) is 3.22. The zero-order valence-corrected chi connectivity index (χ0v) is 14.8. The third-order valence-corrected chi connectivity index (χ3v) is 4.59. The Bertz CT molecular complexity index is 1010. The number of nitrogens with zero attached hydrogens (tertiary/aromatic N) is 2. The number of nitrogens with one attached hydrogen (secondary N) is 1. The molecule has 0 bridgehead atoms. The molecule has 0 unspecified atom stereocenters. The van der Waals surface area contributed by atoms with E-state index < -0.39 is 7.12 Å². The van der Waals surface area contributed by atoms with Crippen LogP contribution < -0.4 is 10.8 Å². The highest BCUT2D eigenvalue weighted by Gasteiger charge is 2.27. The van der Waals surface area contributed by atoms with Gasteiger partial charge in [0.2, 0.25) is 0 Å². The number of hydrogen-bond donors (Lipinski definition) is 2. The van der Waals surface area contributed by atoms with Crippen LogP contribution in [0, 0.1) is 0 Å². The standard InChI is InChI=1S/C17H12BCl2N3O3/c19-11-7-21-23(8-11)13-3-4-14(16(20)6-13)17(24)22-12-2-1-10-9-26-18(25)15(10)5-12/h1-8,25H,9H2,(H,22,24). The van der Waals surface area contributed by atoms with Crippen LogP contribution in [-0.4, -0.2) is 27.8 Å². The van der Waals surface area contributed by atoms with Gasteiger partial charge in [-0.2, -0.15) is 5.10 Å². The van der Waals surface area contributed by atoms with Crippen LogP contribution in [0.3, 0.4) is 0 Å². The van der Waals surface area contributed by atoms with E-state index in [0.29, 0.717) is 34.0 Å². The van der Waals surface area contributed by atoms with Crippen LogP contribution in [-0.2, 0) is 11.3 Å². The number of benzene rings is 2. The highest BCUT2D eigenvalue weighted by atomic mass is 35.5. The van der Waals surface area contributed by atoms with Crippen LogP contribution in [0.2, 0.25) is 10.0 Å². The molecule has 4 rings (SSSR count). The van der Waals surface area contributed by atoms with E-state index in [0.717, 1.165) is 5.56 Å². The van der Waals surface area contributed by atoms with Gasteiger partial charge in [-0.15, -0.1) is 0 Å². The molecule has 0 spiro atoms. The molecule has 0 saturated carbocycles. The van der Waals surface area contributed by atoms with Crippen molar-refractivity contribution in [3.05, 3.63) is 70.0 Å². The Morgan fingerprint density at radius 3 is 2.85 bits per heavy atom. The Morgan fingerprint density at radius 2 is 2.12 bits per heavy atom. The lowest BCUT2D eigenvalue weighted by Gasteiger charge is -2.10. The lowest BCUT2D eigenvalue weighted by atomic mass is 9.79. The van der Waals surface area contributed by atoms with Crippen LogP contribution >= 0.6 is 23.2 Å². The van der Waals surface area contributed by atoms with Gasteiger partial charge in [0.15, 0.2) is 0 Å². The van der Waals surface area contributed by atoms with Gasteiger partial charge in [0.1, 0.15) is 0 Å². The summed E-state index contributed by atoms with van der Waals surface area (Å²) >= 11 is 12.1. The van der Waals surface area contributed by atoms with Gasteiger partial charge in [0.25, 0.3) is 5.91 Å². The van der Waals surface area contributed by atoms with Crippen molar-refractivity contribution in [2.24, 2.45) is 0 Å². The van der Waals surface area contributed by atoms with Crippen LogP contribution in [0.1, 0.15) is 15.9 Å². The second-order valence-electron chi connectivity index (χ2n) is 5.80. The van der Waals surface area contributed by atoms with E-state index in [-0.39, 0.29) is 10.9 Å². The number of rotatable bonds is 3. The molecule has 0 radical (unpaired) electrons. The average Bonchev–Trinajstić information content (AvgIpc) is 3.21. The van der Waals surface area contributed by atoms with Gasteiger partial charge in [-0.3, -0.25) is 4.79 Å². The molecule has 26 heavy (non-hydrogen) atoms. The molecule has 9 heteroatoms. The molecule has 0 fully saturated rings. The molecule has 3 aromatic rings. The SMILES string of the molecule is O=C(Nc1ccc2c(c1)B(O)OC2)c1ccc(-n2cc(Cl)cn2)cc1Cl. The molecular formula is C17H12BCl2N3O3. The molecular weight excluding hydrogens is 376 g/mol. The Morgan fingerprint density at radius 1 is 1.27 bits per heavy atom. The summed E-state index contributed by atoms with van der Waals surface area (Å²) in [4.78, 5) is 12.5. The maximum Gasteiger partial charge on any atom is 0.491 e. The second-order valence-corrected chi connectivity index (χ2v) is 6.64. The number of anilines is 1. The van der Waals surface area contributed by atoms with Crippen molar-refractivity contribution >= 4 is 47.4 Å². The molecule has 0 saturated heterocycles. The average molecular weight is 388 g/mol. The van der Waals surface area contributed by atoms with Crippen molar-refractivity contribution in [1.82, 2.24) is 9.78 Å². The van der Waals surface area contributed by atoms with Gasteiger partial charge in [-0.05, 0) is 41.4 Å².